The summed E-state index contributed by atoms with van der Waals surface area (Å²) in [5, 5.41) is 16.1. The van der Waals surface area contributed by atoms with Crippen molar-refractivity contribution in [3.8, 4) is 10.9 Å². The Morgan fingerprint density at radius 3 is 2.94 bits per heavy atom. The first-order valence-corrected chi connectivity index (χ1v) is 5.02. The van der Waals surface area contributed by atoms with Crippen LogP contribution in [0.4, 0.5) is 4.39 Å². The van der Waals surface area contributed by atoms with Gasteiger partial charge in [-0.2, -0.15) is 0 Å². The summed E-state index contributed by atoms with van der Waals surface area (Å²) < 4.78 is 18.4. The molecule has 1 heterocycles. The molecule has 0 aliphatic rings. The first-order chi connectivity index (χ1) is 7.68. The molecule has 0 spiro atoms. The number of hydrogen-bond acceptors (Lipinski definition) is 5. The fourth-order valence-electron chi connectivity index (χ4n) is 1.10. The second-order valence-corrected chi connectivity index (χ2v) is 3.52. The Hall–Kier alpha value is -2.02. The van der Waals surface area contributed by atoms with Crippen LogP contribution >= 0.6 is 11.3 Å². The summed E-state index contributed by atoms with van der Waals surface area (Å²) >= 11 is 1.08. The molecule has 16 heavy (non-hydrogen) atoms. The minimum absolute atomic E-state index is 0.0933. The van der Waals surface area contributed by atoms with E-state index in [2.05, 4.69) is 10.2 Å². The van der Waals surface area contributed by atoms with E-state index >= 15 is 0 Å². The number of nitrogens with zero attached hydrogens (tertiary/aromatic N) is 2. The zero-order valence-electron chi connectivity index (χ0n) is 7.75. The lowest BCUT2D eigenvalue weighted by Gasteiger charge is -2.05. The van der Waals surface area contributed by atoms with Crippen molar-refractivity contribution in [2.75, 3.05) is 0 Å². The summed E-state index contributed by atoms with van der Waals surface area (Å²) in [6.07, 6.45) is 0. The lowest BCUT2D eigenvalue weighted by molar-refractivity contribution is 0.0689. The van der Waals surface area contributed by atoms with E-state index in [0.717, 1.165) is 17.4 Å². The fraction of sp³-hybridized carbons (Fsp3) is 0. The molecule has 0 amide bonds. The Morgan fingerprint density at radius 1 is 1.50 bits per heavy atom. The number of hydrogen-bond donors (Lipinski definition) is 1. The van der Waals surface area contributed by atoms with Crippen LogP contribution in [0.15, 0.2) is 23.7 Å². The van der Waals surface area contributed by atoms with E-state index in [-0.39, 0.29) is 10.9 Å². The lowest BCUT2D eigenvalue weighted by Crippen LogP contribution is -2.03. The van der Waals surface area contributed by atoms with E-state index < -0.39 is 17.3 Å². The summed E-state index contributed by atoms with van der Waals surface area (Å²) in [6, 6.07) is 3.77. The van der Waals surface area contributed by atoms with Gasteiger partial charge in [0.05, 0.1) is 0 Å². The zero-order valence-corrected chi connectivity index (χ0v) is 8.57. The van der Waals surface area contributed by atoms with Crippen LogP contribution in [0.25, 0.3) is 0 Å². The highest BCUT2D eigenvalue weighted by molar-refractivity contribution is 7.11. The molecule has 0 atom stereocenters. The van der Waals surface area contributed by atoms with Gasteiger partial charge in [0.15, 0.2) is 0 Å². The molecule has 0 aliphatic carbocycles. The standard InChI is InChI=1S/C9H5FN2O3S/c10-5-2-1-3-6(7(5)8(13)14)15-9-12-11-4-16-9/h1-4H,(H,13,14). The van der Waals surface area contributed by atoms with Crippen molar-refractivity contribution < 1.29 is 19.0 Å². The highest BCUT2D eigenvalue weighted by atomic mass is 32.1. The van der Waals surface area contributed by atoms with Gasteiger partial charge in [0.25, 0.3) is 5.19 Å². The van der Waals surface area contributed by atoms with Gasteiger partial charge >= 0.3 is 5.97 Å². The maximum Gasteiger partial charge on any atom is 0.342 e. The Bertz CT molecular complexity index is 515. The van der Waals surface area contributed by atoms with Crippen LogP contribution < -0.4 is 4.74 Å². The van der Waals surface area contributed by atoms with Crippen molar-refractivity contribution in [2.24, 2.45) is 0 Å². The molecule has 0 unspecified atom stereocenters. The van der Waals surface area contributed by atoms with Crippen LogP contribution in [-0.4, -0.2) is 21.3 Å². The number of ether oxygens (including phenoxy) is 1. The molecule has 0 saturated carbocycles. The maximum atomic E-state index is 13.2. The number of carboxylic acid groups (broad SMARTS) is 1. The summed E-state index contributed by atoms with van der Waals surface area (Å²) in [5.74, 6) is -2.34. The fourth-order valence-corrected chi connectivity index (χ4v) is 1.52. The highest BCUT2D eigenvalue weighted by Gasteiger charge is 2.18. The van der Waals surface area contributed by atoms with E-state index in [1.807, 2.05) is 0 Å². The molecule has 1 N–H and O–H groups in total. The van der Waals surface area contributed by atoms with E-state index in [4.69, 9.17) is 9.84 Å². The second-order valence-electron chi connectivity index (χ2n) is 2.72. The molecule has 2 rings (SSSR count). The van der Waals surface area contributed by atoms with Gasteiger partial charge in [-0.25, -0.2) is 9.18 Å². The third kappa shape index (κ3) is 1.98. The quantitative estimate of drug-likeness (QED) is 0.890. The molecule has 0 fully saturated rings. The highest BCUT2D eigenvalue weighted by Crippen LogP contribution is 2.27. The van der Waals surface area contributed by atoms with Gasteiger partial charge in [0.1, 0.15) is 22.6 Å². The van der Waals surface area contributed by atoms with Gasteiger partial charge in [-0.3, -0.25) is 0 Å². The topological polar surface area (TPSA) is 72.3 Å². The molecule has 82 valence electrons. The zero-order chi connectivity index (χ0) is 11.5. The van der Waals surface area contributed by atoms with E-state index in [0.29, 0.717) is 0 Å². The Morgan fingerprint density at radius 2 is 2.31 bits per heavy atom. The minimum atomic E-state index is -1.39. The van der Waals surface area contributed by atoms with Crippen molar-refractivity contribution in [1.82, 2.24) is 10.2 Å². The summed E-state index contributed by atoms with van der Waals surface area (Å²) in [4.78, 5) is 10.8. The van der Waals surface area contributed by atoms with E-state index in [9.17, 15) is 9.18 Å². The van der Waals surface area contributed by atoms with Crippen LogP contribution in [0.3, 0.4) is 0 Å². The second kappa shape index (κ2) is 4.23. The van der Waals surface area contributed by atoms with Crippen LogP contribution in [0.5, 0.6) is 10.9 Å². The number of halogens is 1. The number of benzene rings is 1. The molecule has 1 aromatic carbocycles. The van der Waals surface area contributed by atoms with Gasteiger partial charge in [-0.05, 0) is 12.1 Å². The average Bonchev–Trinajstić information content (AvgIpc) is 2.70. The van der Waals surface area contributed by atoms with Gasteiger partial charge in [0.2, 0.25) is 0 Å². The number of carbonyl (C=O) groups is 1. The summed E-state index contributed by atoms with van der Waals surface area (Å²) in [5.41, 5.74) is 0.910. The van der Waals surface area contributed by atoms with Crippen molar-refractivity contribution in [2.45, 2.75) is 0 Å². The van der Waals surface area contributed by atoms with Gasteiger partial charge in [0, 0.05) is 0 Å². The van der Waals surface area contributed by atoms with Crippen LogP contribution in [0.2, 0.25) is 0 Å². The van der Waals surface area contributed by atoms with Gasteiger partial charge < -0.3 is 9.84 Å². The van der Waals surface area contributed by atoms with E-state index in [1.165, 1.54) is 17.6 Å². The first kappa shape index (κ1) is 10.5. The smallest absolute Gasteiger partial charge is 0.342 e. The summed E-state index contributed by atoms with van der Waals surface area (Å²) in [6.45, 7) is 0. The van der Waals surface area contributed by atoms with Gasteiger partial charge in [-0.1, -0.05) is 22.5 Å². The predicted molar refractivity (Wildman–Crippen MR) is 53.3 cm³/mol. The number of carboxylic acids is 1. The molecule has 0 bridgehead atoms. The van der Waals surface area contributed by atoms with Crippen molar-refractivity contribution in [1.29, 1.82) is 0 Å². The Labute approximate surface area is 93.1 Å². The molecule has 0 radical (unpaired) electrons. The summed E-state index contributed by atoms with van der Waals surface area (Å²) in [7, 11) is 0. The normalized spacial score (nSPS) is 10.1. The Balaban J connectivity index is 2.40. The van der Waals surface area contributed by atoms with Crippen LogP contribution in [-0.2, 0) is 0 Å². The molecule has 7 heteroatoms. The third-order valence-electron chi connectivity index (χ3n) is 1.73. The van der Waals surface area contributed by atoms with E-state index in [1.54, 1.807) is 0 Å². The molecular formula is C9H5FN2O3S. The number of rotatable bonds is 3. The van der Waals surface area contributed by atoms with Crippen LogP contribution in [0, 0.1) is 5.82 Å². The number of aromatic carboxylic acids is 1. The van der Waals surface area contributed by atoms with Crippen molar-refractivity contribution in [3.05, 3.63) is 35.1 Å². The minimum Gasteiger partial charge on any atom is -0.477 e. The van der Waals surface area contributed by atoms with Gasteiger partial charge in [-0.15, -0.1) is 5.10 Å². The monoisotopic (exact) mass is 240 g/mol. The lowest BCUT2D eigenvalue weighted by atomic mass is 10.2. The number of aromatic nitrogens is 2. The third-order valence-corrected chi connectivity index (χ3v) is 2.29. The SMILES string of the molecule is O=C(O)c1c(F)cccc1Oc1nncs1. The largest absolute Gasteiger partial charge is 0.477 e. The molecule has 0 aliphatic heterocycles. The van der Waals surface area contributed by atoms with Crippen molar-refractivity contribution >= 4 is 17.3 Å². The predicted octanol–water partition coefficient (Wildman–Crippen LogP) is 2.17. The molecule has 0 saturated heterocycles. The maximum absolute atomic E-state index is 13.2. The molecule has 1 aromatic heterocycles. The molecular weight excluding hydrogens is 235 g/mol. The average molecular weight is 240 g/mol. The molecule has 2 aromatic rings. The molecule has 5 nitrogen and oxygen atoms in total. The Kier molecular flexibility index (Phi) is 2.78. The first-order valence-electron chi connectivity index (χ1n) is 4.14. The van der Waals surface area contributed by atoms with Crippen molar-refractivity contribution in [3.63, 3.8) is 0 Å². The van der Waals surface area contributed by atoms with Crippen LogP contribution in [0.1, 0.15) is 10.4 Å².